The second kappa shape index (κ2) is 8.90. The first-order valence-corrected chi connectivity index (χ1v) is 8.61. The number of hydrogen-bond acceptors (Lipinski definition) is 5. The van der Waals surface area contributed by atoms with Gasteiger partial charge in [0.25, 0.3) is 5.91 Å². The number of carbonyl (C=O) groups is 1. The monoisotopic (exact) mass is 353 g/mol. The van der Waals surface area contributed by atoms with Crippen LogP contribution in [0.15, 0.2) is 34.8 Å². The minimum absolute atomic E-state index is 0.175. The molecule has 2 aromatic heterocycles. The van der Waals surface area contributed by atoms with Gasteiger partial charge in [0.05, 0.1) is 10.6 Å². The molecule has 6 nitrogen and oxygen atoms in total. The van der Waals surface area contributed by atoms with E-state index in [4.69, 9.17) is 11.6 Å². The summed E-state index contributed by atoms with van der Waals surface area (Å²) in [6.07, 6.45) is 6.17. The van der Waals surface area contributed by atoms with E-state index in [0.29, 0.717) is 22.2 Å². The van der Waals surface area contributed by atoms with Gasteiger partial charge in [-0.25, -0.2) is 9.97 Å². The van der Waals surface area contributed by atoms with Crippen molar-refractivity contribution in [1.29, 1.82) is 0 Å². The number of pyridine rings is 1. The number of hydrogen-bond donors (Lipinski definition) is 2. The van der Waals surface area contributed by atoms with Crippen LogP contribution in [0.1, 0.15) is 23.7 Å². The van der Waals surface area contributed by atoms with Gasteiger partial charge < -0.3 is 15.2 Å². The fourth-order valence-corrected chi connectivity index (χ4v) is 2.86. The molecule has 1 amide bonds. The minimum atomic E-state index is -0.175. The topological polar surface area (TPSA) is 71.8 Å². The molecule has 0 spiro atoms. The quantitative estimate of drug-likeness (QED) is 0.713. The Hall–Kier alpha value is -1.57. The van der Waals surface area contributed by atoms with Crippen molar-refractivity contribution in [3.63, 3.8) is 0 Å². The number of carbonyl (C=O) groups excluding carboxylic acids is 1. The van der Waals surface area contributed by atoms with Gasteiger partial charge in [0.1, 0.15) is 5.03 Å². The molecule has 23 heavy (non-hydrogen) atoms. The second-order valence-corrected chi connectivity index (χ2v) is 6.30. The maximum Gasteiger partial charge on any atom is 0.252 e. The van der Waals surface area contributed by atoms with Crippen molar-refractivity contribution in [3.8, 4) is 0 Å². The lowest BCUT2D eigenvalue weighted by Crippen LogP contribution is -2.32. The first kappa shape index (κ1) is 17.8. The van der Waals surface area contributed by atoms with Crippen LogP contribution in [0, 0.1) is 0 Å². The van der Waals surface area contributed by atoms with Gasteiger partial charge in [-0.15, -0.1) is 0 Å². The smallest absolute Gasteiger partial charge is 0.252 e. The average molecular weight is 354 g/mol. The normalized spacial score (nSPS) is 10.7. The molecule has 2 N–H and O–H groups in total. The predicted molar refractivity (Wildman–Crippen MR) is 92.1 cm³/mol. The van der Waals surface area contributed by atoms with E-state index in [0.717, 1.165) is 24.7 Å². The fraction of sp³-hybridized carbons (Fsp3) is 0.400. The molecule has 8 heteroatoms. The number of halogens is 1. The Morgan fingerprint density at radius 2 is 2.17 bits per heavy atom. The summed E-state index contributed by atoms with van der Waals surface area (Å²) >= 11 is 7.59. The molecule has 0 aromatic carbocycles. The lowest BCUT2D eigenvalue weighted by Gasteiger charge is -2.08. The molecular formula is C15H20ClN5OS. The lowest BCUT2D eigenvalue weighted by molar-refractivity contribution is 0.0953. The van der Waals surface area contributed by atoms with E-state index in [2.05, 4.69) is 27.5 Å². The molecule has 0 fully saturated rings. The Morgan fingerprint density at radius 3 is 2.83 bits per heavy atom. The van der Waals surface area contributed by atoms with Crippen molar-refractivity contribution in [2.75, 3.05) is 19.6 Å². The lowest BCUT2D eigenvalue weighted by atomic mass is 10.2. The maximum atomic E-state index is 12.1. The first-order chi connectivity index (χ1) is 11.1. The molecule has 2 heterocycles. The van der Waals surface area contributed by atoms with E-state index in [-0.39, 0.29) is 5.91 Å². The highest BCUT2D eigenvalue weighted by Gasteiger charge is 2.12. The Balaban J connectivity index is 1.93. The molecule has 0 saturated heterocycles. The van der Waals surface area contributed by atoms with Gasteiger partial charge in [0.2, 0.25) is 0 Å². The summed E-state index contributed by atoms with van der Waals surface area (Å²) in [6, 6.07) is 1.63. The summed E-state index contributed by atoms with van der Waals surface area (Å²) in [5, 5.41) is 7.92. The van der Waals surface area contributed by atoms with Crippen LogP contribution in [0.4, 0.5) is 0 Å². The van der Waals surface area contributed by atoms with Crippen LogP contribution >= 0.6 is 23.4 Å². The molecule has 2 rings (SSSR count). The van der Waals surface area contributed by atoms with E-state index < -0.39 is 0 Å². The standard InChI is InChI=1S/C15H20ClN5OS/c1-3-4-17-5-6-18-13(22)11-9-12(16)14(20-10-11)23-15-19-7-8-21(15)2/h7-10,17H,3-6H2,1-2H3,(H,18,22). The van der Waals surface area contributed by atoms with Crippen molar-refractivity contribution >= 4 is 29.3 Å². The van der Waals surface area contributed by atoms with Crippen molar-refractivity contribution < 1.29 is 4.79 Å². The Labute approximate surface area is 145 Å². The molecule has 0 bridgehead atoms. The summed E-state index contributed by atoms with van der Waals surface area (Å²) in [4.78, 5) is 20.5. The van der Waals surface area contributed by atoms with Gasteiger partial charge in [0.15, 0.2) is 5.16 Å². The highest BCUT2D eigenvalue weighted by molar-refractivity contribution is 7.99. The van der Waals surface area contributed by atoms with Gasteiger partial charge in [0, 0.05) is 38.7 Å². The number of aromatic nitrogens is 3. The largest absolute Gasteiger partial charge is 0.351 e. The summed E-state index contributed by atoms with van der Waals surface area (Å²) in [7, 11) is 1.90. The third-order valence-corrected chi connectivity index (χ3v) is 4.54. The van der Waals surface area contributed by atoms with Crippen LogP contribution in [0.25, 0.3) is 0 Å². The van der Waals surface area contributed by atoms with Crippen molar-refractivity contribution in [3.05, 3.63) is 35.2 Å². The van der Waals surface area contributed by atoms with Gasteiger partial charge in [-0.3, -0.25) is 4.79 Å². The molecule has 0 aliphatic heterocycles. The van der Waals surface area contributed by atoms with Gasteiger partial charge >= 0.3 is 0 Å². The van der Waals surface area contributed by atoms with Crippen LogP contribution in [-0.2, 0) is 7.05 Å². The molecular weight excluding hydrogens is 334 g/mol. The van der Waals surface area contributed by atoms with Gasteiger partial charge in [-0.2, -0.15) is 0 Å². The van der Waals surface area contributed by atoms with E-state index in [1.807, 2.05) is 17.8 Å². The van der Waals surface area contributed by atoms with Gasteiger partial charge in [-0.1, -0.05) is 18.5 Å². The number of amides is 1. The summed E-state index contributed by atoms with van der Waals surface area (Å²) in [5.41, 5.74) is 0.453. The second-order valence-electron chi connectivity index (χ2n) is 4.94. The Kier molecular flexibility index (Phi) is 6.88. The van der Waals surface area contributed by atoms with E-state index in [9.17, 15) is 4.79 Å². The van der Waals surface area contributed by atoms with Crippen LogP contribution in [0.3, 0.4) is 0 Å². The number of rotatable bonds is 8. The molecule has 0 saturated carbocycles. The van der Waals surface area contributed by atoms with Crippen molar-refractivity contribution in [1.82, 2.24) is 25.2 Å². The predicted octanol–water partition coefficient (Wildman–Crippen LogP) is 2.35. The number of nitrogens with zero attached hydrogens (tertiary/aromatic N) is 3. The molecule has 0 unspecified atom stereocenters. The molecule has 0 radical (unpaired) electrons. The SMILES string of the molecule is CCCNCCNC(=O)c1cnc(Sc2nccn2C)c(Cl)c1. The van der Waals surface area contributed by atoms with Gasteiger partial charge in [-0.05, 0) is 30.8 Å². The minimum Gasteiger partial charge on any atom is -0.351 e. The van der Waals surface area contributed by atoms with Crippen molar-refractivity contribution in [2.45, 2.75) is 23.5 Å². The summed E-state index contributed by atoms with van der Waals surface area (Å²) in [5.74, 6) is -0.175. The molecule has 124 valence electrons. The zero-order valence-corrected chi connectivity index (χ0v) is 14.7. The van der Waals surface area contributed by atoms with Crippen molar-refractivity contribution in [2.24, 2.45) is 7.05 Å². The van der Waals surface area contributed by atoms with Crippen LogP contribution in [0.5, 0.6) is 0 Å². The van der Waals surface area contributed by atoms with E-state index >= 15 is 0 Å². The molecule has 0 aliphatic rings. The Morgan fingerprint density at radius 1 is 1.35 bits per heavy atom. The Bertz CT molecular complexity index is 661. The highest BCUT2D eigenvalue weighted by atomic mass is 35.5. The number of aryl methyl sites for hydroxylation is 1. The zero-order chi connectivity index (χ0) is 16.7. The fourth-order valence-electron chi connectivity index (χ4n) is 1.83. The number of imidazole rings is 1. The highest BCUT2D eigenvalue weighted by Crippen LogP contribution is 2.30. The maximum absolute atomic E-state index is 12.1. The first-order valence-electron chi connectivity index (χ1n) is 7.41. The third-order valence-electron chi connectivity index (χ3n) is 3.05. The third kappa shape index (κ3) is 5.23. The van der Waals surface area contributed by atoms with Crippen LogP contribution in [-0.4, -0.2) is 40.1 Å². The number of nitrogens with one attached hydrogen (secondary N) is 2. The van der Waals surface area contributed by atoms with Crippen LogP contribution in [0.2, 0.25) is 5.02 Å². The average Bonchev–Trinajstić information content (AvgIpc) is 2.94. The summed E-state index contributed by atoms with van der Waals surface area (Å²) in [6.45, 7) is 4.36. The molecule has 0 atom stereocenters. The van der Waals surface area contributed by atoms with E-state index in [1.54, 1.807) is 12.3 Å². The van der Waals surface area contributed by atoms with E-state index in [1.165, 1.54) is 18.0 Å². The molecule has 2 aromatic rings. The van der Waals surface area contributed by atoms with Crippen LogP contribution < -0.4 is 10.6 Å². The molecule has 0 aliphatic carbocycles. The zero-order valence-electron chi connectivity index (χ0n) is 13.2. The summed E-state index contributed by atoms with van der Waals surface area (Å²) < 4.78 is 1.88.